The third-order valence-electron chi connectivity index (χ3n) is 2.46. The summed E-state index contributed by atoms with van der Waals surface area (Å²) in [5, 5.41) is 3.66. The number of benzene rings is 1. The number of amides is 1. The Morgan fingerprint density at radius 3 is 2.79 bits per heavy atom. The molecule has 6 heteroatoms. The van der Waals surface area contributed by atoms with Gasteiger partial charge < -0.3 is 20.5 Å². The molecular weight excluding hydrogens is 268 g/mol. The van der Waals surface area contributed by atoms with Crippen LogP contribution in [-0.2, 0) is 11.3 Å². The number of primary amides is 1. The minimum atomic E-state index is -0.418. The first-order chi connectivity index (χ1) is 9.08. The van der Waals surface area contributed by atoms with E-state index in [-0.39, 0.29) is 13.0 Å². The van der Waals surface area contributed by atoms with Gasteiger partial charge in [0.05, 0.1) is 25.2 Å². The average Bonchev–Trinajstić information content (AvgIpc) is 2.37. The normalized spacial score (nSPS) is 10.3. The van der Waals surface area contributed by atoms with Crippen LogP contribution in [0.15, 0.2) is 12.1 Å². The largest absolute Gasteiger partial charge is 0.493 e. The van der Waals surface area contributed by atoms with E-state index in [1.807, 2.05) is 19.1 Å². The molecule has 0 aromatic heterocycles. The number of hydrogen-bond donors (Lipinski definition) is 2. The summed E-state index contributed by atoms with van der Waals surface area (Å²) in [5.74, 6) is 0.564. The summed E-state index contributed by atoms with van der Waals surface area (Å²) in [5.41, 5.74) is 6.06. The predicted molar refractivity (Wildman–Crippen MR) is 74.7 cm³/mol. The molecule has 0 aliphatic rings. The molecule has 0 atom stereocenters. The van der Waals surface area contributed by atoms with Crippen LogP contribution in [0.4, 0.5) is 0 Å². The molecule has 0 heterocycles. The van der Waals surface area contributed by atoms with E-state index in [0.717, 1.165) is 12.1 Å². The predicted octanol–water partition coefficient (Wildman–Crippen LogP) is 1.71. The van der Waals surface area contributed by atoms with Crippen molar-refractivity contribution in [2.24, 2.45) is 5.73 Å². The zero-order valence-electron chi connectivity index (χ0n) is 11.2. The maximum atomic E-state index is 10.7. The Kier molecular flexibility index (Phi) is 6.45. The fourth-order valence-electron chi connectivity index (χ4n) is 1.54. The van der Waals surface area contributed by atoms with Gasteiger partial charge in [0, 0.05) is 6.54 Å². The van der Waals surface area contributed by atoms with Crippen molar-refractivity contribution in [1.82, 2.24) is 5.32 Å². The van der Waals surface area contributed by atoms with E-state index in [0.29, 0.717) is 23.1 Å². The quantitative estimate of drug-likeness (QED) is 0.763. The minimum Gasteiger partial charge on any atom is -0.493 e. The van der Waals surface area contributed by atoms with Gasteiger partial charge in [-0.2, -0.15) is 0 Å². The SMILES string of the molecule is CCNCc1cc(Cl)c(OCCC(N)=O)c(OC)c1. The van der Waals surface area contributed by atoms with E-state index >= 15 is 0 Å². The highest BCUT2D eigenvalue weighted by Crippen LogP contribution is 2.36. The Bertz CT molecular complexity index is 438. The maximum absolute atomic E-state index is 10.7. The molecule has 0 saturated heterocycles. The number of methoxy groups -OCH3 is 1. The second kappa shape index (κ2) is 7.86. The molecule has 1 amide bonds. The molecule has 0 bridgehead atoms. The highest BCUT2D eigenvalue weighted by molar-refractivity contribution is 6.32. The zero-order valence-corrected chi connectivity index (χ0v) is 11.9. The molecule has 0 radical (unpaired) electrons. The van der Waals surface area contributed by atoms with Crippen molar-refractivity contribution in [2.75, 3.05) is 20.3 Å². The van der Waals surface area contributed by atoms with E-state index < -0.39 is 5.91 Å². The number of halogens is 1. The highest BCUT2D eigenvalue weighted by Gasteiger charge is 2.12. The summed E-state index contributed by atoms with van der Waals surface area (Å²) in [6, 6.07) is 3.67. The van der Waals surface area contributed by atoms with Crippen LogP contribution in [0.1, 0.15) is 18.9 Å². The lowest BCUT2D eigenvalue weighted by molar-refractivity contribution is -0.118. The Hall–Kier alpha value is -1.46. The van der Waals surface area contributed by atoms with E-state index in [1.165, 1.54) is 0 Å². The topological polar surface area (TPSA) is 73.6 Å². The van der Waals surface area contributed by atoms with Crippen LogP contribution >= 0.6 is 11.6 Å². The molecule has 1 rings (SSSR count). The summed E-state index contributed by atoms with van der Waals surface area (Å²) in [4.78, 5) is 10.7. The van der Waals surface area contributed by atoms with E-state index in [4.69, 9.17) is 26.8 Å². The summed E-state index contributed by atoms with van der Waals surface area (Å²) in [7, 11) is 1.55. The van der Waals surface area contributed by atoms with Crippen molar-refractivity contribution in [1.29, 1.82) is 0 Å². The van der Waals surface area contributed by atoms with Crippen molar-refractivity contribution in [3.63, 3.8) is 0 Å². The zero-order chi connectivity index (χ0) is 14.3. The lowest BCUT2D eigenvalue weighted by Crippen LogP contribution is -2.15. The highest BCUT2D eigenvalue weighted by atomic mass is 35.5. The molecule has 3 N–H and O–H groups in total. The molecule has 0 aliphatic heterocycles. The summed E-state index contributed by atoms with van der Waals surface area (Å²) < 4.78 is 10.7. The van der Waals surface area contributed by atoms with Gasteiger partial charge in [0.1, 0.15) is 0 Å². The number of rotatable bonds is 8. The van der Waals surface area contributed by atoms with Gasteiger partial charge in [-0.1, -0.05) is 18.5 Å². The van der Waals surface area contributed by atoms with E-state index in [1.54, 1.807) is 7.11 Å². The molecule has 0 saturated carbocycles. The molecule has 106 valence electrons. The molecule has 0 unspecified atom stereocenters. The van der Waals surface area contributed by atoms with Crippen LogP contribution in [-0.4, -0.2) is 26.2 Å². The van der Waals surface area contributed by atoms with Gasteiger partial charge in [-0.25, -0.2) is 0 Å². The Balaban J connectivity index is 2.82. The van der Waals surface area contributed by atoms with Gasteiger partial charge in [0.2, 0.25) is 5.91 Å². The second-order valence-electron chi connectivity index (χ2n) is 3.95. The monoisotopic (exact) mass is 286 g/mol. The minimum absolute atomic E-state index is 0.138. The van der Waals surface area contributed by atoms with Gasteiger partial charge in [-0.3, -0.25) is 4.79 Å². The summed E-state index contributed by atoms with van der Waals surface area (Å²) in [6.07, 6.45) is 0.138. The van der Waals surface area contributed by atoms with Gasteiger partial charge >= 0.3 is 0 Å². The van der Waals surface area contributed by atoms with Gasteiger partial charge in [0.25, 0.3) is 0 Å². The Labute approximate surface area is 118 Å². The van der Waals surface area contributed by atoms with E-state index in [9.17, 15) is 4.79 Å². The Morgan fingerprint density at radius 1 is 1.47 bits per heavy atom. The van der Waals surface area contributed by atoms with Crippen molar-refractivity contribution >= 4 is 17.5 Å². The van der Waals surface area contributed by atoms with Crippen molar-refractivity contribution in [3.05, 3.63) is 22.7 Å². The fourth-order valence-corrected chi connectivity index (χ4v) is 1.83. The molecule has 0 aliphatic carbocycles. The van der Waals surface area contributed by atoms with Crippen LogP contribution in [0.5, 0.6) is 11.5 Å². The number of nitrogens with one attached hydrogen (secondary N) is 1. The van der Waals surface area contributed by atoms with E-state index in [2.05, 4.69) is 5.32 Å². The number of carbonyl (C=O) groups is 1. The molecule has 19 heavy (non-hydrogen) atoms. The molecular formula is C13H19ClN2O3. The Morgan fingerprint density at radius 2 is 2.21 bits per heavy atom. The molecule has 0 spiro atoms. The van der Waals surface area contributed by atoms with Crippen molar-refractivity contribution in [2.45, 2.75) is 19.9 Å². The summed E-state index contributed by atoms with van der Waals surface area (Å²) >= 11 is 6.16. The van der Waals surface area contributed by atoms with Crippen molar-refractivity contribution < 1.29 is 14.3 Å². The van der Waals surface area contributed by atoms with Gasteiger partial charge in [0.15, 0.2) is 11.5 Å². The van der Waals surface area contributed by atoms with Crippen LogP contribution in [0.2, 0.25) is 5.02 Å². The molecule has 5 nitrogen and oxygen atoms in total. The van der Waals surface area contributed by atoms with Crippen molar-refractivity contribution in [3.8, 4) is 11.5 Å². The van der Waals surface area contributed by atoms with Gasteiger partial charge in [-0.05, 0) is 24.2 Å². The van der Waals surface area contributed by atoms with Crippen LogP contribution in [0.3, 0.4) is 0 Å². The lowest BCUT2D eigenvalue weighted by atomic mass is 10.2. The lowest BCUT2D eigenvalue weighted by Gasteiger charge is -2.14. The molecule has 0 fully saturated rings. The van der Waals surface area contributed by atoms with Crippen LogP contribution < -0.4 is 20.5 Å². The maximum Gasteiger partial charge on any atom is 0.220 e. The third-order valence-corrected chi connectivity index (χ3v) is 2.74. The van der Waals surface area contributed by atoms with Crippen LogP contribution in [0.25, 0.3) is 0 Å². The fraction of sp³-hybridized carbons (Fsp3) is 0.462. The third kappa shape index (κ3) is 4.96. The first-order valence-corrected chi connectivity index (χ1v) is 6.44. The standard InChI is InChI=1S/C13H19ClN2O3/c1-3-16-8-9-6-10(14)13(11(7-9)18-2)19-5-4-12(15)17/h6-7,16H,3-5,8H2,1-2H3,(H2,15,17). The summed E-state index contributed by atoms with van der Waals surface area (Å²) in [6.45, 7) is 3.78. The number of carbonyl (C=O) groups excluding carboxylic acids is 1. The second-order valence-corrected chi connectivity index (χ2v) is 4.36. The molecule has 1 aromatic carbocycles. The first kappa shape index (κ1) is 15.6. The smallest absolute Gasteiger partial charge is 0.220 e. The first-order valence-electron chi connectivity index (χ1n) is 6.06. The van der Waals surface area contributed by atoms with Gasteiger partial charge in [-0.15, -0.1) is 0 Å². The number of ether oxygens (including phenoxy) is 2. The van der Waals surface area contributed by atoms with Crippen LogP contribution in [0, 0.1) is 0 Å². The number of nitrogens with two attached hydrogens (primary N) is 1. The molecule has 1 aromatic rings. The number of hydrogen-bond acceptors (Lipinski definition) is 4. The average molecular weight is 287 g/mol.